The summed E-state index contributed by atoms with van der Waals surface area (Å²) in [5.41, 5.74) is 5.40. The standard InChI is InChI=1S/C24H49NO/c1-2-3-4-5-6-7-8-9-10-11-12-13-14-15-16-17-18-19-20-21-22-24(26)23-25/h9-10,24,26H,2-8,11-23,25H2,1H3/b10-9-. The van der Waals surface area contributed by atoms with E-state index in [9.17, 15) is 5.11 Å². The van der Waals surface area contributed by atoms with Crippen molar-refractivity contribution in [3.8, 4) is 0 Å². The number of allylic oxidation sites excluding steroid dienone is 2. The van der Waals surface area contributed by atoms with Gasteiger partial charge in [-0.2, -0.15) is 0 Å². The summed E-state index contributed by atoms with van der Waals surface area (Å²) in [6.07, 6.45) is 29.9. The number of rotatable bonds is 21. The number of nitrogens with two attached hydrogens (primary N) is 1. The van der Waals surface area contributed by atoms with Crippen LogP contribution in [0, 0.1) is 0 Å². The third-order valence-corrected chi connectivity index (χ3v) is 5.32. The molecule has 2 heteroatoms. The Morgan fingerprint density at radius 1 is 0.615 bits per heavy atom. The summed E-state index contributed by atoms with van der Waals surface area (Å²) in [5, 5.41) is 9.38. The highest BCUT2D eigenvalue weighted by atomic mass is 16.3. The molecule has 0 aliphatic carbocycles. The van der Waals surface area contributed by atoms with Crippen LogP contribution in [0.3, 0.4) is 0 Å². The monoisotopic (exact) mass is 367 g/mol. The van der Waals surface area contributed by atoms with Crippen LogP contribution in [0.25, 0.3) is 0 Å². The van der Waals surface area contributed by atoms with Crippen molar-refractivity contribution in [2.75, 3.05) is 6.54 Å². The lowest BCUT2D eigenvalue weighted by atomic mass is 10.0. The quantitative estimate of drug-likeness (QED) is 0.165. The van der Waals surface area contributed by atoms with Crippen molar-refractivity contribution in [3.63, 3.8) is 0 Å². The molecule has 0 aromatic rings. The molecular formula is C24H49NO. The molecule has 1 unspecified atom stereocenters. The number of aliphatic hydroxyl groups is 1. The van der Waals surface area contributed by atoms with Crippen LogP contribution >= 0.6 is 0 Å². The second-order valence-electron chi connectivity index (χ2n) is 8.03. The first-order valence-electron chi connectivity index (χ1n) is 11.8. The first kappa shape index (κ1) is 25.7. The minimum Gasteiger partial charge on any atom is -0.392 e. The molecule has 0 aliphatic heterocycles. The molecule has 0 radical (unpaired) electrons. The molecule has 3 N–H and O–H groups in total. The maximum atomic E-state index is 9.38. The number of aliphatic hydroxyl groups excluding tert-OH is 1. The first-order chi connectivity index (χ1) is 12.8. The summed E-state index contributed by atoms with van der Waals surface area (Å²) in [6, 6.07) is 0. The second kappa shape index (κ2) is 22.7. The molecule has 2 nitrogen and oxygen atoms in total. The molecule has 0 saturated carbocycles. The van der Waals surface area contributed by atoms with Gasteiger partial charge in [-0.25, -0.2) is 0 Å². The fourth-order valence-corrected chi connectivity index (χ4v) is 3.45. The highest BCUT2D eigenvalue weighted by Crippen LogP contribution is 2.13. The van der Waals surface area contributed by atoms with Crippen LogP contribution in [0.1, 0.15) is 129 Å². The van der Waals surface area contributed by atoms with Gasteiger partial charge >= 0.3 is 0 Å². The van der Waals surface area contributed by atoms with Crippen LogP contribution in [0.2, 0.25) is 0 Å². The van der Waals surface area contributed by atoms with Gasteiger partial charge in [0, 0.05) is 6.54 Å². The van der Waals surface area contributed by atoms with E-state index in [1.165, 1.54) is 109 Å². The van der Waals surface area contributed by atoms with Crippen molar-refractivity contribution in [2.45, 2.75) is 135 Å². The van der Waals surface area contributed by atoms with E-state index in [2.05, 4.69) is 19.1 Å². The fraction of sp³-hybridized carbons (Fsp3) is 0.917. The average molecular weight is 368 g/mol. The minimum absolute atomic E-state index is 0.277. The SMILES string of the molecule is CCCCCCCC/C=C\CCCCCCCCCCCCC(O)CN. The van der Waals surface area contributed by atoms with Gasteiger partial charge in [-0.3, -0.25) is 0 Å². The number of hydrogen-bond acceptors (Lipinski definition) is 2. The second-order valence-corrected chi connectivity index (χ2v) is 8.03. The van der Waals surface area contributed by atoms with E-state index in [-0.39, 0.29) is 6.10 Å². The van der Waals surface area contributed by atoms with E-state index in [0.717, 1.165) is 12.8 Å². The van der Waals surface area contributed by atoms with Gasteiger partial charge in [0.1, 0.15) is 0 Å². The number of unbranched alkanes of at least 4 members (excludes halogenated alkanes) is 16. The third kappa shape index (κ3) is 21.7. The molecular weight excluding hydrogens is 318 g/mol. The lowest BCUT2D eigenvalue weighted by Gasteiger charge is -2.06. The molecule has 1 atom stereocenters. The zero-order valence-corrected chi connectivity index (χ0v) is 17.9. The van der Waals surface area contributed by atoms with Gasteiger partial charge in [0.2, 0.25) is 0 Å². The Hall–Kier alpha value is -0.340. The summed E-state index contributed by atoms with van der Waals surface area (Å²) in [6.45, 7) is 2.69. The van der Waals surface area contributed by atoms with Crippen LogP contribution < -0.4 is 5.73 Å². The molecule has 26 heavy (non-hydrogen) atoms. The van der Waals surface area contributed by atoms with Crippen LogP contribution in [-0.2, 0) is 0 Å². The van der Waals surface area contributed by atoms with Crippen molar-refractivity contribution in [1.29, 1.82) is 0 Å². The Morgan fingerprint density at radius 3 is 1.42 bits per heavy atom. The van der Waals surface area contributed by atoms with Crippen molar-refractivity contribution in [3.05, 3.63) is 12.2 Å². The van der Waals surface area contributed by atoms with Gasteiger partial charge in [-0.1, -0.05) is 109 Å². The Labute approximate surface area is 165 Å². The summed E-state index contributed by atoms with van der Waals surface area (Å²) >= 11 is 0. The number of hydrogen-bond donors (Lipinski definition) is 2. The molecule has 0 fully saturated rings. The predicted octanol–water partition coefficient (Wildman–Crippen LogP) is 7.29. The molecule has 0 spiro atoms. The maximum absolute atomic E-state index is 9.38. The van der Waals surface area contributed by atoms with E-state index in [4.69, 9.17) is 5.73 Å². The van der Waals surface area contributed by atoms with Crippen LogP contribution in [0.15, 0.2) is 12.2 Å². The van der Waals surface area contributed by atoms with Crippen LogP contribution in [-0.4, -0.2) is 17.8 Å². The smallest absolute Gasteiger partial charge is 0.0662 e. The first-order valence-corrected chi connectivity index (χ1v) is 11.8. The van der Waals surface area contributed by atoms with Crippen LogP contribution in [0.4, 0.5) is 0 Å². The fourth-order valence-electron chi connectivity index (χ4n) is 3.45. The van der Waals surface area contributed by atoms with Crippen molar-refractivity contribution < 1.29 is 5.11 Å². The van der Waals surface area contributed by atoms with E-state index in [1.54, 1.807) is 0 Å². The lowest BCUT2D eigenvalue weighted by Crippen LogP contribution is -2.19. The molecule has 0 rings (SSSR count). The largest absolute Gasteiger partial charge is 0.392 e. The molecule has 0 heterocycles. The van der Waals surface area contributed by atoms with Gasteiger partial charge in [-0.15, -0.1) is 0 Å². The Balaban J connectivity index is 3.07. The molecule has 0 aliphatic rings. The van der Waals surface area contributed by atoms with E-state index >= 15 is 0 Å². The van der Waals surface area contributed by atoms with Crippen molar-refractivity contribution in [2.24, 2.45) is 5.73 Å². The van der Waals surface area contributed by atoms with Crippen LogP contribution in [0.5, 0.6) is 0 Å². The van der Waals surface area contributed by atoms with E-state index < -0.39 is 0 Å². The van der Waals surface area contributed by atoms with Gasteiger partial charge < -0.3 is 10.8 Å². The highest BCUT2D eigenvalue weighted by Gasteiger charge is 1.99. The summed E-state index contributed by atoms with van der Waals surface area (Å²) < 4.78 is 0. The van der Waals surface area contributed by atoms with Gasteiger partial charge in [0.05, 0.1) is 6.10 Å². The van der Waals surface area contributed by atoms with Gasteiger partial charge in [0.25, 0.3) is 0 Å². The molecule has 0 bridgehead atoms. The molecule has 0 aromatic carbocycles. The van der Waals surface area contributed by atoms with Gasteiger partial charge in [0.15, 0.2) is 0 Å². The van der Waals surface area contributed by atoms with Crippen molar-refractivity contribution in [1.82, 2.24) is 0 Å². The molecule has 156 valence electrons. The maximum Gasteiger partial charge on any atom is 0.0662 e. The Kier molecular flexibility index (Phi) is 22.4. The zero-order chi connectivity index (χ0) is 19.1. The minimum atomic E-state index is -0.277. The summed E-state index contributed by atoms with van der Waals surface area (Å²) in [5.74, 6) is 0. The normalized spacial score (nSPS) is 12.9. The molecule has 0 amide bonds. The lowest BCUT2D eigenvalue weighted by molar-refractivity contribution is 0.168. The van der Waals surface area contributed by atoms with Crippen molar-refractivity contribution >= 4 is 0 Å². The zero-order valence-electron chi connectivity index (χ0n) is 17.9. The third-order valence-electron chi connectivity index (χ3n) is 5.32. The van der Waals surface area contributed by atoms with Gasteiger partial charge in [-0.05, 0) is 32.1 Å². The van der Waals surface area contributed by atoms with E-state index in [1.807, 2.05) is 0 Å². The summed E-state index contributed by atoms with van der Waals surface area (Å²) in [4.78, 5) is 0. The molecule has 0 aromatic heterocycles. The summed E-state index contributed by atoms with van der Waals surface area (Å²) in [7, 11) is 0. The highest BCUT2D eigenvalue weighted by molar-refractivity contribution is 4.81. The average Bonchev–Trinajstić information content (AvgIpc) is 2.66. The molecule has 0 saturated heterocycles. The Morgan fingerprint density at radius 2 is 1.00 bits per heavy atom. The predicted molar refractivity (Wildman–Crippen MR) is 118 cm³/mol. The van der Waals surface area contributed by atoms with E-state index in [0.29, 0.717) is 6.54 Å². The topological polar surface area (TPSA) is 46.2 Å². The Bertz CT molecular complexity index is 277.